The van der Waals surface area contributed by atoms with E-state index in [4.69, 9.17) is 0 Å². The van der Waals surface area contributed by atoms with Crippen LogP contribution in [-0.4, -0.2) is 10.5 Å². The minimum atomic E-state index is 0.0948. The predicted molar refractivity (Wildman–Crippen MR) is 69.8 cm³/mol. The van der Waals surface area contributed by atoms with Gasteiger partial charge in [0.05, 0.1) is 0 Å². The third kappa shape index (κ3) is 2.05. The molecule has 0 aliphatic rings. The van der Waals surface area contributed by atoms with Gasteiger partial charge in [-0.15, -0.1) is 0 Å². The van der Waals surface area contributed by atoms with Crippen molar-refractivity contribution in [1.29, 1.82) is 0 Å². The quantitative estimate of drug-likeness (QED) is 0.863. The van der Waals surface area contributed by atoms with Crippen molar-refractivity contribution in [2.24, 2.45) is 7.05 Å². The molecule has 90 valence electrons. The number of fused-ring (bicyclic) bond motifs is 1. The van der Waals surface area contributed by atoms with Gasteiger partial charge in [0.2, 0.25) is 5.91 Å². The van der Waals surface area contributed by atoms with Crippen LogP contribution in [0.25, 0.3) is 10.9 Å². The van der Waals surface area contributed by atoms with Crippen LogP contribution < -0.4 is 5.32 Å². The number of carbonyl (C=O) groups excluding carboxylic acids is 1. The van der Waals surface area contributed by atoms with Crippen molar-refractivity contribution in [2.75, 3.05) is 0 Å². The van der Waals surface area contributed by atoms with Crippen LogP contribution >= 0.6 is 0 Å². The van der Waals surface area contributed by atoms with E-state index in [0.29, 0.717) is 13.0 Å². The molecule has 1 aromatic carbocycles. The largest absolute Gasteiger partial charge is 0.352 e. The van der Waals surface area contributed by atoms with E-state index >= 15 is 0 Å². The van der Waals surface area contributed by atoms with Crippen LogP contribution in [0.5, 0.6) is 0 Å². The van der Waals surface area contributed by atoms with Gasteiger partial charge in [-0.05, 0) is 18.6 Å². The highest BCUT2D eigenvalue weighted by atomic mass is 16.1. The zero-order chi connectivity index (χ0) is 12.4. The lowest BCUT2D eigenvalue weighted by Crippen LogP contribution is -2.21. The fraction of sp³-hybridized carbons (Fsp3) is 0.357. The molecule has 0 fully saturated rings. The Morgan fingerprint density at radius 3 is 2.76 bits per heavy atom. The second kappa shape index (κ2) is 4.62. The summed E-state index contributed by atoms with van der Waals surface area (Å²) in [5, 5.41) is 4.17. The number of aromatic nitrogens is 1. The molecule has 2 aromatic rings. The average molecular weight is 230 g/mol. The molecule has 1 aromatic heterocycles. The number of amides is 1. The number of nitrogens with zero attached hydrogens (tertiary/aromatic N) is 1. The molecule has 0 saturated heterocycles. The highest BCUT2D eigenvalue weighted by molar-refractivity contribution is 5.86. The summed E-state index contributed by atoms with van der Waals surface area (Å²) in [7, 11) is 2.06. The number of nitrogens with one attached hydrogen (secondary N) is 1. The van der Waals surface area contributed by atoms with Gasteiger partial charge in [-0.1, -0.05) is 25.1 Å². The van der Waals surface area contributed by atoms with Crippen molar-refractivity contribution >= 4 is 16.8 Å². The molecule has 0 spiro atoms. The summed E-state index contributed by atoms with van der Waals surface area (Å²) in [6.07, 6.45) is 0.532. The third-order valence-electron chi connectivity index (χ3n) is 3.31. The first-order valence-corrected chi connectivity index (χ1v) is 5.94. The standard InChI is InChI=1S/C14H18N2O/c1-4-14(17)15-9-12-10(2)16(3)13-8-6-5-7-11(12)13/h5-8H,4,9H2,1-3H3,(H,15,17). The maximum absolute atomic E-state index is 11.3. The van der Waals surface area contributed by atoms with Gasteiger partial charge in [0.25, 0.3) is 0 Å². The Labute approximate surface area is 101 Å². The Kier molecular flexibility index (Phi) is 3.18. The minimum Gasteiger partial charge on any atom is -0.352 e. The molecule has 0 unspecified atom stereocenters. The number of hydrogen-bond donors (Lipinski definition) is 1. The van der Waals surface area contributed by atoms with Crippen molar-refractivity contribution in [1.82, 2.24) is 9.88 Å². The van der Waals surface area contributed by atoms with Gasteiger partial charge in [-0.25, -0.2) is 0 Å². The van der Waals surface area contributed by atoms with Gasteiger partial charge >= 0.3 is 0 Å². The van der Waals surface area contributed by atoms with Gasteiger partial charge in [0.1, 0.15) is 0 Å². The van der Waals surface area contributed by atoms with Crippen LogP contribution in [0.1, 0.15) is 24.6 Å². The fourth-order valence-corrected chi connectivity index (χ4v) is 2.13. The van der Waals surface area contributed by atoms with Crippen molar-refractivity contribution in [3.05, 3.63) is 35.5 Å². The molecule has 0 saturated carbocycles. The zero-order valence-corrected chi connectivity index (χ0v) is 10.6. The van der Waals surface area contributed by atoms with Crippen LogP contribution in [0.15, 0.2) is 24.3 Å². The molecular weight excluding hydrogens is 212 g/mol. The molecule has 0 aliphatic carbocycles. The lowest BCUT2D eigenvalue weighted by atomic mass is 10.1. The Balaban J connectivity index is 2.39. The number of hydrogen-bond acceptors (Lipinski definition) is 1. The summed E-state index contributed by atoms with van der Waals surface area (Å²) < 4.78 is 2.17. The second-order valence-electron chi connectivity index (χ2n) is 4.27. The number of benzene rings is 1. The summed E-state index contributed by atoms with van der Waals surface area (Å²) in [5.74, 6) is 0.0948. The number of aryl methyl sites for hydroxylation is 1. The summed E-state index contributed by atoms with van der Waals surface area (Å²) in [6, 6.07) is 8.28. The van der Waals surface area contributed by atoms with E-state index in [2.05, 4.69) is 36.0 Å². The average Bonchev–Trinajstić information content (AvgIpc) is 2.60. The highest BCUT2D eigenvalue weighted by Gasteiger charge is 2.11. The SMILES string of the molecule is CCC(=O)NCc1c(C)n(C)c2ccccc12. The Morgan fingerprint density at radius 1 is 1.35 bits per heavy atom. The second-order valence-corrected chi connectivity index (χ2v) is 4.27. The predicted octanol–water partition coefficient (Wildman–Crippen LogP) is 2.51. The van der Waals surface area contributed by atoms with E-state index < -0.39 is 0 Å². The van der Waals surface area contributed by atoms with Crippen LogP contribution in [0, 0.1) is 6.92 Å². The zero-order valence-electron chi connectivity index (χ0n) is 10.6. The van der Waals surface area contributed by atoms with E-state index in [1.807, 2.05) is 19.1 Å². The number of rotatable bonds is 3. The van der Waals surface area contributed by atoms with E-state index in [1.54, 1.807) is 0 Å². The van der Waals surface area contributed by atoms with E-state index in [9.17, 15) is 4.79 Å². The maximum Gasteiger partial charge on any atom is 0.219 e. The summed E-state index contributed by atoms with van der Waals surface area (Å²) in [6.45, 7) is 4.57. The lowest BCUT2D eigenvalue weighted by Gasteiger charge is -2.04. The van der Waals surface area contributed by atoms with Crippen LogP contribution in [0.2, 0.25) is 0 Å². The van der Waals surface area contributed by atoms with Crippen molar-refractivity contribution in [2.45, 2.75) is 26.8 Å². The normalized spacial score (nSPS) is 10.8. The Bertz CT molecular complexity index is 555. The van der Waals surface area contributed by atoms with Gasteiger partial charge in [-0.3, -0.25) is 4.79 Å². The number of carbonyl (C=O) groups is 1. The Morgan fingerprint density at radius 2 is 2.06 bits per heavy atom. The van der Waals surface area contributed by atoms with Gasteiger partial charge in [0, 0.05) is 36.6 Å². The molecule has 0 bridgehead atoms. The first kappa shape index (κ1) is 11.7. The van der Waals surface area contributed by atoms with Crippen LogP contribution in [0.4, 0.5) is 0 Å². The van der Waals surface area contributed by atoms with E-state index in [-0.39, 0.29) is 5.91 Å². The molecule has 3 nitrogen and oxygen atoms in total. The van der Waals surface area contributed by atoms with Gasteiger partial charge in [0.15, 0.2) is 0 Å². The van der Waals surface area contributed by atoms with Gasteiger partial charge in [-0.2, -0.15) is 0 Å². The van der Waals surface area contributed by atoms with Crippen LogP contribution in [0.3, 0.4) is 0 Å². The summed E-state index contributed by atoms with van der Waals surface area (Å²) >= 11 is 0. The molecule has 1 heterocycles. The fourth-order valence-electron chi connectivity index (χ4n) is 2.13. The van der Waals surface area contributed by atoms with Crippen molar-refractivity contribution < 1.29 is 4.79 Å². The molecular formula is C14H18N2O. The first-order chi connectivity index (χ1) is 8.15. The maximum atomic E-state index is 11.3. The molecule has 0 radical (unpaired) electrons. The van der Waals surface area contributed by atoms with Crippen LogP contribution in [-0.2, 0) is 18.4 Å². The molecule has 1 N–H and O–H groups in total. The summed E-state index contributed by atoms with van der Waals surface area (Å²) in [5.41, 5.74) is 3.64. The lowest BCUT2D eigenvalue weighted by molar-refractivity contribution is -0.120. The molecule has 0 aliphatic heterocycles. The third-order valence-corrected chi connectivity index (χ3v) is 3.31. The minimum absolute atomic E-state index is 0.0948. The highest BCUT2D eigenvalue weighted by Crippen LogP contribution is 2.24. The molecule has 0 atom stereocenters. The summed E-state index contributed by atoms with van der Waals surface area (Å²) in [4.78, 5) is 11.3. The Hall–Kier alpha value is -1.77. The topological polar surface area (TPSA) is 34.0 Å². The smallest absolute Gasteiger partial charge is 0.219 e. The number of para-hydroxylation sites is 1. The van der Waals surface area contributed by atoms with E-state index in [0.717, 1.165) is 0 Å². The molecule has 2 rings (SSSR count). The molecule has 17 heavy (non-hydrogen) atoms. The van der Waals surface area contributed by atoms with Crippen molar-refractivity contribution in [3.8, 4) is 0 Å². The van der Waals surface area contributed by atoms with E-state index in [1.165, 1.54) is 22.2 Å². The monoisotopic (exact) mass is 230 g/mol. The van der Waals surface area contributed by atoms with Crippen molar-refractivity contribution in [3.63, 3.8) is 0 Å². The molecule has 3 heteroatoms. The first-order valence-electron chi connectivity index (χ1n) is 5.94. The molecule has 1 amide bonds. The van der Waals surface area contributed by atoms with Gasteiger partial charge < -0.3 is 9.88 Å².